The van der Waals surface area contributed by atoms with Gasteiger partial charge in [-0.15, -0.1) is 0 Å². The maximum absolute atomic E-state index is 12.1. The average molecular weight is 313 g/mol. The van der Waals surface area contributed by atoms with E-state index < -0.39 is 12.0 Å². The lowest BCUT2D eigenvalue weighted by atomic mass is 10.0. The number of aliphatic carboxylic acids is 1. The van der Waals surface area contributed by atoms with Gasteiger partial charge in [0.05, 0.1) is 11.6 Å². The largest absolute Gasteiger partial charge is 0.480 e. The van der Waals surface area contributed by atoms with Crippen molar-refractivity contribution < 1.29 is 14.7 Å². The minimum atomic E-state index is -1.09. The van der Waals surface area contributed by atoms with Crippen LogP contribution in [0.4, 0.5) is 0 Å². The molecule has 1 unspecified atom stereocenters. The molecule has 1 aromatic rings. The van der Waals surface area contributed by atoms with Gasteiger partial charge >= 0.3 is 5.97 Å². The van der Waals surface area contributed by atoms with Gasteiger partial charge in [-0.2, -0.15) is 5.26 Å². The minimum absolute atomic E-state index is 0.130. The van der Waals surface area contributed by atoms with Crippen molar-refractivity contribution in [1.82, 2.24) is 4.90 Å². The zero-order valence-electron chi connectivity index (χ0n) is 12.3. The summed E-state index contributed by atoms with van der Waals surface area (Å²) < 4.78 is 0. The number of carbonyl (C=O) groups excluding carboxylic acids is 1. The molecule has 0 bridgehead atoms. The summed E-state index contributed by atoms with van der Waals surface area (Å²) in [5, 5.41) is 21.8. The maximum atomic E-state index is 12.1. The number of benzene rings is 1. The number of rotatable bonds is 6. The van der Waals surface area contributed by atoms with Gasteiger partial charge in [0.15, 0.2) is 0 Å². The summed E-state index contributed by atoms with van der Waals surface area (Å²) >= 11 is 0. The first-order valence-corrected chi connectivity index (χ1v) is 7.07. The zero-order chi connectivity index (χ0) is 16.8. The van der Waals surface area contributed by atoms with Crippen LogP contribution >= 0.6 is 0 Å². The van der Waals surface area contributed by atoms with E-state index in [1.807, 2.05) is 6.07 Å². The lowest BCUT2D eigenvalue weighted by Crippen LogP contribution is -2.43. The first kappa shape index (κ1) is 16.3. The highest BCUT2D eigenvalue weighted by molar-refractivity contribution is 5.85. The molecule has 0 spiro atoms. The summed E-state index contributed by atoms with van der Waals surface area (Å²) in [6, 6.07) is 7.68. The van der Waals surface area contributed by atoms with Gasteiger partial charge < -0.3 is 10.0 Å². The van der Waals surface area contributed by atoms with Crippen LogP contribution in [0.2, 0.25) is 0 Å². The number of nitrogens with zero attached hydrogens (tertiary/aromatic N) is 5. The van der Waals surface area contributed by atoms with Crippen molar-refractivity contribution in [3.63, 3.8) is 0 Å². The summed E-state index contributed by atoms with van der Waals surface area (Å²) in [4.78, 5) is 27.6. The van der Waals surface area contributed by atoms with Gasteiger partial charge in [-0.3, -0.25) is 4.79 Å². The Morgan fingerprint density at radius 1 is 1.61 bits per heavy atom. The zero-order valence-corrected chi connectivity index (χ0v) is 12.3. The Hall–Kier alpha value is -3.04. The van der Waals surface area contributed by atoms with E-state index in [2.05, 4.69) is 10.0 Å². The number of azide groups is 1. The molecular weight excluding hydrogens is 298 g/mol. The molecule has 1 aliphatic rings. The van der Waals surface area contributed by atoms with Gasteiger partial charge in [0.2, 0.25) is 5.91 Å². The van der Waals surface area contributed by atoms with Crippen LogP contribution in [0.15, 0.2) is 29.4 Å². The summed E-state index contributed by atoms with van der Waals surface area (Å²) in [6.45, 7) is 0.432. The minimum Gasteiger partial charge on any atom is -0.480 e. The van der Waals surface area contributed by atoms with Gasteiger partial charge in [-0.25, -0.2) is 4.79 Å². The molecule has 2 atom stereocenters. The Morgan fingerprint density at radius 3 is 3.04 bits per heavy atom. The van der Waals surface area contributed by atoms with Crippen LogP contribution in [-0.2, 0) is 16.0 Å². The molecule has 0 aromatic heterocycles. The van der Waals surface area contributed by atoms with Gasteiger partial charge in [-0.1, -0.05) is 17.2 Å². The number of amides is 1. The Bertz CT molecular complexity index is 705. The van der Waals surface area contributed by atoms with Gasteiger partial charge in [0.1, 0.15) is 6.04 Å². The number of carboxylic acid groups (broad SMARTS) is 1. The number of carboxylic acids is 1. The van der Waals surface area contributed by atoms with E-state index in [1.54, 1.807) is 24.3 Å². The second-order valence-corrected chi connectivity index (χ2v) is 5.40. The quantitative estimate of drug-likeness (QED) is 0.486. The molecule has 1 aliphatic heterocycles. The second kappa shape index (κ2) is 7.29. The maximum Gasteiger partial charge on any atom is 0.326 e. The van der Waals surface area contributed by atoms with Crippen LogP contribution in [0.25, 0.3) is 10.4 Å². The van der Waals surface area contributed by atoms with Crippen LogP contribution in [0.1, 0.15) is 17.5 Å². The molecule has 0 aliphatic carbocycles. The van der Waals surface area contributed by atoms with E-state index in [-0.39, 0.29) is 37.8 Å². The lowest BCUT2D eigenvalue weighted by Gasteiger charge is -2.24. The van der Waals surface area contributed by atoms with Crippen molar-refractivity contribution in [2.75, 3.05) is 13.1 Å². The second-order valence-electron chi connectivity index (χ2n) is 5.40. The number of carbonyl (C=O) groups is 2. The van der Waals surface area contributed by atoms with Crippen LogP contribution in [0, 0.1) is 17.2 Å². The number of hydrogen-bond donors (Lipinski definition) is 1. The molecule has 8 heteroatoms. The highest BCUT2D eigenvalue weighted by Crippen LogP contribution is 2.23. The Morgan fingerprint density at radius 2 is 2.39 bits per heavy atom. The van der Waals surface area contributed by atoms with Crippen molar-refractivity contribution in [2.45, 2.75) is 18.9 Å². The third-order valence-electron chi connectivity index (χ3n) is 3.79. The molecule has 0 saturated carbocycles. The molecule has 0 radical (unpaired) electrons. The highest BCUT2D eigenvalue weighted by Gasteiger charge is 2.37. The molecule has 1 heterocycles. The SMILES string of the molecule is N#Cc1cccc(C[C@@H](C(=O)O)N2CC(CN=[N+]=[N-])CC2=O)c1. The molecule has 2 rings (SSSR count). The molecular formula is C15H15N5O3. The molecule has 118 valence electrons. The van der Waals surface area contributed by atoms with Crippen molar-refractivity contribution in [2.24, 2.45) is 11.0 Å². The molecule has 8 nitrogen and oxygen atoms in total. The van der Waals surface area contributed by atoms with Crippen molar-refractivity contribution >= 4 is 11.9 Å². The summed E-state index contributed by atoms with van der Waals surface area (Å²) in [6.07, 6.45) is 0.311. The van der Waals surface area contributed by atoms with Gasteiger partial charge in [0.25, 0.3) is 0 Å². The van der Waals surface area contributed by atoms with Crippen molar-refractivity contribution in [3.05, 3.63) is 45.8 Å². The fraction of sp³-hybridized carbons (Fsp3) is 0.400. The van der Waals surface area contributed by atoms with Gasteiger partial charge in [0, 0.05) is 30.8 Å². The van der Waals surface area contributed by atoms with E-state index >= 15 is 0 Å². The summed E-state index contributed by atoms with van der Waals surface area (Å²) in [5.41, 5.74) is 9.47. The first-order chi connectivity index (χ1) is 11.0. The number of likely N-dealkylation sites (tertiary alicyclic amines) is 1. The van der Waals surface area contributed by atoms with Crippen LogP contribution in [0.5, 0.6) is 0 Å². The van der Waals surface area contributed by atoms with Crippen molar-refractivity contribution in [1.29, 1.82) is 5.26 Å². The average Bonchev–Trinajstić information content (AvgIpc) is 2.91. The smallest absolute Gasteiger partial charge is 0.326 e. The molecule has 1 fully saturated rings. The fourth-order valence-electron chi connectivity index (χ4n) is 2.71. The number of hydrogen-bond acceptors (Lipinski definition) is 4. The third kappa shape index (κ3) is 3.99. The van der Waals surface area contributed by atoms with Crippen LogP contribution in [0.3, 0.4) is 0 Å². The molecule has 1 N–H and O–H groups in total. The molecule has 1 saturated heterocycles. The molecule has 1 aromatic carbocycles. The fourth-order valence-corrected chi connectivity index (χ4v) is 2.71. The Balaban J connectivity index is 2.15. The van der Waals surface area contributed by atoms with E-state index in [1.165, 1.54) is 4.90 Å². The molecule has 23 heavy (non-hydrogen) atoms. The third-order valence-corrected chi connectivity index (χ3v) is 3.79. The van der Waals surface area contributed by atoms with Gasteiger partial charge in [-0.05, 0) is 29.1 Å². The monoisotopic (exact) mass is 313 g/mol. The molecule has 1 amide bonds. The van der Waals surface area contributed by atoms with E-state index in [0.717, 1.165) is 0 Å². The standard InChI is InChI=1S/C15H15N5O3/c16-7-11-3-1-2-10(4-11)5-13(15(22)23)20-9-12(6-14(20)21)8-18-19-17/h1-4,12-13H,5-6,8-9H2,(H,22,23)/t12?,13-/m0/s1. The Labute approximate surface area is 132 Å². The number of nitriles is 1. The topological polar surface area (TPSA) is 130 Å². The Kier molecular flexibility index (Phi) is 5.18. The van der Waals surface area contributed by atoms with Crippen molar-refractivity contribution in [3.8, 4) is 6.07 Å². The van der Waals surface area contributed by atoms with Crippen LogP contribution < -0.4 is 0 Å². The predicted molar refractivity (Wildman–Crippen MR) is 80.1 cm³/mol. The van der Waals surface area contributed by atoms with E-state index in [9.17, 15) is 14.7 Å². The lowest BCUT2D eigenvalue weighted by molar-refractivity contribution is -0.148. The van der Waals surface area contributed by atoms with Crippen LogP contribution in [-0.4, -0.2) is 41.0 Å². The normalized spacial score (nSPS) is 18.1. The predicted octanol–water partition coefficient (Wildman–Crippen LogP) is 1.71. The summed E-state index contributed by atoms with van der Waals surface area (Å²) in [5.74, 6) is -1.51. The summed E-state index contributed by atoms with van der Waals surface area (Å²) in [7, 11) is 0. The first-order valence-electron chi connectivity index (χ1n) is 7.07. The highest BCUT2D eigenvalue weighted by atomic mass is 16.4. The van der Waals surface area contributed by atoms with E-state index in [0.29, 0.717) is 11.1 Å². The van der Waals surface area contributed by atoms with E-state index in [4.69, 9.17) is 10.8 Å².